The molecule has 0 rings (SSSR count). The standard InChI is InChI=1S/C3H7.3BrH.Sn.H/c1-3-2;;;;;/h1,3H2,2H3;3*1H;;/q;;;;+3;/p-3. The molecule has 0 aromatic rings. The van der Waals surface area contributed by atoms with Crippen LogP contribution in [0.25, 0.3) is 0 Å². The van der Waals surface area contributed by atoms with E-state index in [4.69, 9.17) is 0 Å². The van der Waals surface area contributed by atoms with Crippen LogP contribution in [0.15, 0.2) is 0 Å². The third-order valence-corrected chi connectivity index (χ3v) is 0. The molecule has 0 aliphatic rings. The Kier molecular flexibility index (Phi) is 19.0. The molecule has 0 aromatic carbocycles. The Morgan fingerprint density at radius 2 is 1.43 bits per heavy atom. The third-order valence-electron chi connectivity index (χ3n) is 0. The van der Waals surface area contributed by atoms with Crippen LogP contribution in [0.3, 0.4) is 0 Å². The average Bonchev–Trinajstić information content (AvgIpc) is 1.33. The van der Waals surface area contributed by atoms with Gasteiger partial charge in [0.05, 0.1) is 0 Å². The van der Waals surface area contributed by atoms with Gasteiger partial charge in [-0.15, -0.1) is 0 Å². The molecule has 0 N–H and O–H groups in total. The van der Waals surface area contributed by atoms with Gasteiger partial charge in [0.25, 0.3) is 0 Å². The van der Waals surface area contributed by atoms with E-state index in [1.165, 1.54) is 0 Å². The van der Waals surface area contributed by atoms with Crippen molar-refractivity contribution in [3.8, 4) is 0 Å². The van der Waals surface area contributed by atoms with E-state index >= 15 is 0 Å². The summed E-state index contributed by atoms with van der Waals surface area (Å²) in [6.07, 6.45) is 1.00. The Morgan fingerprint density at radius 3 is 1.43 bits per heavy atom. The Hall–Kier alpha value is 2.24. The number of halogens is 3. The van der Waals surface area contributed by atoms with Crippen molar-refractivity contribution < 1.29 is 0 Å². The molecule has 0 fully saturated rings. The van der Waals surface area contributed by atoms with Crippen molar-refractivity contribution in [3.63, 3.8) is 0 Å². The minimum absolute atomic E-state index is 1.00. The van der Waals surface area contributed by atoms with Crippen molar-refractivity contribution in [1.29, 1.82) is 0 Å². The molecule has 0 heterocycles. The van der Waals surface area contributed by atoms with Crippen LogP contribution in [0.1, 0.15) is 13.3 Å². The van der Waals surface area contributed by atoms with Crippen molar-refractivity contribution >= 4 is 51.2 Å². The first kappa shape index (κ1) is 12.0. The topological polar surface area (TPSA) is 0 Å². The predicted molar refractivity (Wildman–Crippen MR) is 49.6 cm³/mol. The molecule has 0 saturated carbocycles. The summed E-state index contributed by atoms with van der Waals surface area (Å²) < 4.78 is 0. The molecule has 7 heavy (non-hydrogen) atoms. The molecule has 0 aliphatic heterocycles. The Labute approximate surface area is 70.4 Å². The Morgan fingerprint density at radius 1 is 1.43 bits per heavy atom. The quantitative estimate of drug-likeness (QED) is 0.546. The van der Waals surface area contributed by atoms with Crippen LogP contribution in [0.4, 0.5) is 0 Å². The van der Waals surface area contributed by atoms with Crippen molar-refractivity contribution in [1.82, 2.24) is 0 Å². The molecule has 1 radical (unpaired) electrons. The van der Waals surface area contributed by atoms with Gasteiger partial charge in [0, 0.05) is 0 Å². The summed E-state index contributed by atoms with van der Waals surface area (Å²) in [5, 5.41) is 0. The van der Waals surface area contributed by atoms with Gasteiger partial charge in [-0.3, -0.25) is 0 Å². The van der Waals surface area contributed by atoms with Crippen molar-refractivity contribution in [3.05, 3.63) is 6.92 Å². The second-order valence-corrected chi connectivity index (χ2v) is 45.3. The van der Waals surface area contributed by atoms with E-state index in [9.17, 15) is 0 Å². The van der Waals surface area contributed by atoms with Gasteiger partial charge in [-0.2, -0.15) is 0 Å². The summed E-state index contributed by atoms with van der Waals surface area (Å²) in [5.41, 5.74) is 0. The number of rotatable bonds is 0. The van der Waals surface area contributed by atoms with E-state index < -0.39 is 13.1 Å². The first-order valence-corrected chi connectivity index (χ1v) is 24.0. The summed E-state index contributed by atoms with van der Waals surface area (Å²) in [5.74, 6) is 0. The van der Waals surface area contributed by atoms with E-state index in [1.54, 1.807) is 0 Å². The molecule has 0 aromatic heterocycles. The fraction of sp³-hybridized carbons (Fsp3) is 0.667. The Bertz CT molecular complexity index is 21.4. The van der Waals surface area contributed by atoms with Gasteiger partial charge in [0.2, 0.25) is 0 Å². The van der Waals surface area contributed by atoms with Crippen LogP contribution in [0.2, 0.25) is 0 Å². The molecule has 45 valence electrons. The fourth-order valence-electron chi connectivity index (χ4n) is 0. The van der Waals surface area contributed by atoms with Gasteiger partial charge in [-0.05, 0) is 0 Å². The summed E-state index contributed by atoms with van der Waals surface area (Å²) in [6, 6.07) is 0. The van der Waals surface area contributed by atoms with Crippen LogP contribution < -0.4 is 0 Å². The maximum Gasteiger partial charge on any atom is -0.0536 e. The van der Waals surface area contributed by atoms with Gasteiger partial charge < -0.3 is 0 Å². The minimum Gasteiger partial charge on any atom is -0.0654 e. The van der Waals surface area contributed by atoms with Gasteiger partial charge in [-0.1, -0.05) is 20.3 Å². The van der Waals surface area contributed by atoms with Crippen LogP contribution in [-0.2, 0) is 0 Å². The van der Waals surface area contributed by atoms with Crippen LogP contribution in [0.5, 0.6) is 0 Å². The van der Waals surface area contributed by atoms with E-state index in [1.807, 2.05) is 6.92 Å². The molecule has 0 atom stereocenters. The Balaban J connectivity index is 0. The molecule has 0 bridgehead atoms. The fourth-order valence-corrected chi connectivity index (χ4v) is 0. The molecule has 4 heteroatoms. The molecule has 0 amide bonds. The zero-order valence-electron chi connectivity index (χ0n) is 4.13. The van der Waals surface area contributed by atoms with E-state index in [-0.39, 0.29) is 0 Å². The summed E-state index contributed by atoms with van der Waals surface area (Å²) in [4.78, 5) is 0. The van der Waals surface area contributed by atoms with Crippen molar-refractivity contribution in [2.24, 2.45) is 0 Å². The van der Waals surface area contributed by atoms with Gasteiger partial charge in [0.15, 0.2) is 0 Å². The third kappa shape index (κ3) is 64.0. The normalized spacial score (nSPS) is 7.71. The smallest absolute Gasteiger partial charge is 0.0536 e. The van der Waals surface area contributed by atoms with Gasteiger partial charge in [-0.25, -0.2) is 0 Å². The van der Waals surface area contributed by atoms with E-state index in [0.29, 0.717) is 0 Å². The van der Waals surface area contributed by atoms with E-state index in [0.717, 1.165) is 6.42 Å². The van der Waals surface area contributed by atoms with Crippen molar-refractivity contribution in [2.45, 2.75) is 13.3 Å². The SMILES string of the molecule is [Br][SnH]([Br])[Br].[CH2]CC. The molecule has 0 aliphatic carbocycles. The summed E-state index contributed by atoms with van der Waals surface area (Å²) in [6.45, 7) is 5.50. The average molecular weight is 403 g/mol. The second kappa shape index (κ2) is 11.1. The molecule has 0 unspecified atom stereocenters. The van der Waals surface area contributed by atoms with Crippen LogP contribution in [0, 0.1) is 6.92 Å². The summed E-state index contributed by atoms with van der Waals surface area (Å²) in [7, 11) is 0. The zero-order chi connectivity index (χ0) is 6.28. The zero-order valence-corrected chi connectivity index (χ0v) is 12.2. The van der Waals surface area contributed by atoms with Crippen LogP contribution in [-0.4, -0.2) is 13.1 Å². The monoisotopic (exact) mass is 401 g/mol. The molecule has 0 spiro atoms. The molecular formula is C3H8Br3Sn. The maximum absolute atomic E-state index is 3.49. The molecular weight excluding hydrogens is 394 g/mol. The first-order valence-electron chi connectivity index (χ1n) is 1.86. The van der Waals surface area contributed by atoms with E-state index in [2.05, 4.69) is 45.0 Å². The number of hydrogen-bond donors (Lipinski definition) is 0. The van der Waals surface area contributed by atoms with Gasteiger partial charge in [0.1, 0.15) is 0 Å². The predicted octanol–water partition coefficient (Wildman–Crippen LogP) is 3.12. The van der Waals surface area contributed by atoms with Crippen molar-refractivity contribution in [2.75, 3.05) is 0 Å². The molecule has 0 saturated heterocycles. The van der Waals surface area contributed by atoms with Gasteiger partial charge >= 0.3 is 51.2 Å². The largest absolute Gasteiger partial charge is 0.0654 e. The van der Waals surface area contributed by atoms with Crippen LogP contribution >= 0.6 is 38.1 Å². The second-order valence-electron chi connectivity index (χ2n) is 0.747. The molecule has 0 nitrogen and oxygen atoms in total. The summed E-state index contributed by atoms with van der Waals surface area (Å²) >= 11 is 8.74. The maximum atomic E-state index is 3.49. The number of hydrogen-bond acceptors (Lipinski definition) is 0. The minimum atomic E-state index is -1.20. The first-order chi connectivity index (χ1) is 3.15.